The van der Waals surface area contributed by atoms with Crippen molar-refractivity contribution in [3.05, 3.63) is 53.1 Å². The number of hydrogen-bond donors (Lipinski definition) is 3. The summed E-state index contributed by atoms with van der Waals surface area (Å²) in [6, 6.07) is 11.1. The van der Waals surface area contributed by atoms with E-state index < -0.39 is 0 Å². The molecular formula is C27H36N4O3. The van der Waals surface area contributed by atoms with Crippen molar-refractivity contribution in [1.82, 2.24) is 5.32 Å². The molecule has 34 heavy (non-hydrogen) atoms. The first-order valence-corrected chi connectivity index (χ1v) is 12.3. The lowest BCUT2D eigenvalue weighted by Crippen LogP contribution is -2.36. The summed E-state index contributed by atoms with van der Waals surface area (Å²) < 4.78 is 5.66. The topological polar surface area (TPSA) is 82.7 Å². The maximum absolute atomic E-state index is 13.2. The summed E-state index contributed by atoms with van der Waals surface area (Å²) in [7, 11) is 0. The van der Waals surface area contributed by atoms with Gasteiger partial charge in [0.2, 0.25) is 0 Å². The van der Waals surface area contributed by atoms with Crippen LogP contribution in [0.3, 0.4) is 0 Å². The molecule has 0 aliphatic carbocycles. The van der Waals surface area contributed by atoms with E-state index in [1.165, 1.54) is 0 Å². The Balaban J connectivity index is 1.50. The third-order valence-corrected chi connectivity index (χ3v) is 6.77. The average molecular weight is 465 g/mol. The highest BCUT2D eigenvalue weighted by Gasteiger charge is 2.23. The number of hydrogen-bond acceptors (Lipinski definition) is 4. The smallest absolute Gasteiger partial charge is 0.323 e. The normalized spacial score (nSPS) is 18.6. The van der Waals surface area contributed by atoms with E-state index in [9.17, 15) is 9.59 Å². The van der Waals surface area contributed by atoms with E-state index >= 15 is 0 Å². The maximum atomic E-state index is 13.2. The van der Waals surface area contributed by atoms with Crippen molar-refractivity contribution in [1.29, 1.82) is 0 Å². The fourth-order valence-corrected chi connectivity index (χ4v) is 4.67. The lowest BCUT2D eigenvalue weighted by Gasteiger charge is -2.33. The highest BCUT2D eigenvalue weighted by atomic mass is 16.5. The number of aryl methyl sites for hydroxylation is 2. The van der Waals surface area contributed by atoms with Crippen LogP contribution in [-0.2, 0) is 4.74 Å². The van der Waals surface area contributed by atoms with E-state index in [0.717, 1.165) is 67.9 Å². The highest BCUT2D eigenvalue weighted by molar-refractivity contribution is 6.04. The summed E-state index contributed by atoms with van der Waals surface area (Å²) in [6.07, 6.45) is 4.29. The Kier molecular flexibility index (Phi) is 7.73. The Morgan fingerprint density at radius 3 is 2.53 bits per heavy atom. The number of carbonyl (C=O) groups is 2. The molecule has 0 bridgehead atoms. The Morgan fingerprint density at radius 1 is 1.03 bits per heavy atom. The van der Waals surface area contributed by atoms with Gasteiger partial charge in [0.1, 0.15) is 0 Å². The number of amides is 3. The second kappa shape index (κ2) is 10.9. The fraction of sp³-hybridized carbons (Fsp3) is 0.481. The molecular weight excluding hydrogens is 428 g/mol. The Hall–Kier alpha value is -3.06. The summed E-state index contributed by atoms with van der Waals surface area (Å²) in [4.78, 5) is 28.2. The predicted molar refractivity (Wildman–Crippen MR) is 137 cm³/mol. The van der Waals surface area contributed by atoms with E-state index in [4.69, 9.17) is 4.74 Å². The first kappa shape index (κ1) is 24.1. The zero-order valence-electron chi connectivity index (χ0n) is 20.4. The van der Waals surface area contributed by atoms with Gasteiger partial charge < -0.3 is 25.6 Å². The second-order valence-corrected chi connectivity index (χ2v) is 9.64. The van der Waals surface area contributed by atoms with Gasteiger partial charge in [-0.3, -0.25) is 4.79 Å². The molecule has 4 rings (SSSR count). The summed E-state index contributed by atoms with van der Waals surface area (Å²) >= 11 is 0. The number of urea groups is 1. The van der Waals surface area contributed by atoms with E-state index in [0.29, 0.717) is 23.7 Å². The SMILES string of the molecule is Cc1ccc(NC(=O)Nc2ccc(N3CCC(C)CC3)c(C(=O)NC[C@@H]3CCCO3)c2)c(C)c1. The lowest BCUT2D eigenvalue weighted by atomic mass is 9.97. The van der Waals surface area contributed by atoms with Crippen LogP contribution in [-0.4, -0.2) is 44.3 Å². The molecule has 2 fully saturated rings. The molecule has 2 aliphatic rings. The maximum Gasteiger partial charge on any atom is 0.323 e. The minimum atomic E-state index is -0.336. The molecule has 0 saturated carbocycles. The fourth-order valence-electron chi connectivity index (χ4n) is 4.67. The van der Waals surface area contributed by atoms with Crippen molar-refractivity contribution in [2.75, 3.05) is 41.8 Å². The van der Waals surface area contributed by atoms with Gasteiger partial charge in [0.25, 0.3) is 5.91 Å². The number of benzene rings is 2. The molecule has 2 heterocycles. The van der Waals surface area contributed by atoms with Crippen LogP contribution in [0.2, 0.25) is 0 Å². The third kappa shape index (κ3) is 6.08. The van der Waals surface area contributed by atoms with Crippen LogP contribution in [0.15, 0.2) is 36.4 Å². The summed E-state index contributed by atoms with van der Waals surface area (Å²) in [5.74, 6) is 0.561. The molecule has 2 aromatic rings. The first-order chi connectivity index (χ1) is 16.4. The molecule has 3 amide bonds. The molecule has 2 aliphatic heterocycles. The van der Waals surface area contributed by atoms with Gasteiger partial charge in [-0.1, -0.05) is 24.6 Å². The summed E-state index contributed by atoms with van der Waals surface area (Å²) in [5.41, 5.74) is 4.98. The Labute approximate surface area is 202 Å². The van der Waals surface area contributed by atoms with Gasteiger partial charge in [-0.2, -0.15) is 0 Å². The molecule has 0 unspecified atom stereocenters. The van der Waals surface area contributed by atoms with Gasteiger partial charge in [-0.25, -0.2) is 4.79 Å². The van der Waals surface area contributed by atoms with Crippen LogP contribution in [0.1, 0.15) is 54.1 Å². The molecule has 3 N–H and O–H groups in total. The van der Waals surface area contributed by atoms with Crippen molar-refractivity contribution in [3.63, 3.8) is 0 Å². The van der Waals surface area contributed by atoms with E-state index in [1.54, 1.807) is 6.07 Å². The molecule has 0 aromatic heterocycles. The number of anilines is 3. The highest BCUT2D eigenvalue weighted by Crippen LogP contribution is 2.29. The van der Waals surface area contributed by atoms with E-state index in [-0.39, 0.29) is 18.0 Å². The van der Waals surface area contributed by atoms with Crippen LogP contribution in [0.4, 0.5) is 21.9 Å². The van der Waals surface area contributed by atoms with E-state index in [2.05, 4.69) is 27.8 Å². The monoisotopic (exact) mass is 464 g/mol. The van der Waals surface area contributed by atoms with Crippen molar-refractivity contribution in [2.45, 2.75) is 52.6 Å². The molecule has 0 radical (unpaired) electrons. The van der Waals surface area contributed by atoms with Crippen molar-refractivity contribution in [2.24, 2.45) is 5.92 Å². The zero-order valence-corrected chi connectivity index (χ0v) is 20.4. The number of nitrogens with one attached hydrogen (secondary N) is 3. The van der Waals surface area contributed by atoms with Crippen LogP contribution >= 0.6 is 0 Å². The zero-order chi connectivity index (χ0) is 24.1. The number of ether oxygens (including phenoxy) is 1. The molecule has 2 aromatic carbocycles. The van der Waals surface area contributed by atoms with Crippen LogP contribution in [0.25, 0.3) is 0 Å². The first-order valence-electron chi connectivity index (χ1n) is 12.3. The van der Waals surface area contributed by atoms with Gasteiger partial charge >= 0.3 is 6.03 Å². The number of piperidine rings is 1. The Morgan fingerprint density at radius 2 is 1.82 bits per heavy atom. The van der Waals surface area contributed by atoms with Crippen molar-refractivity contribution in [3.8, 4) is 0 Å². The largest absolute Gasteiger partial charge is 0.376 e. The molecule has 2 saturated heterocycles. The molecule has 182 valence electrons. The average Bonchev–Trinajstić information content (AvgIpc) is 3.34. The standard InChI is InChI=1S/C27H36N4O3/c1-18-10-12-31(13-11-18)25-9-7-21(16-23(25)26(32)28-17-22-5-4-14-34-22)29-27(33)30-24-8-6-19(2)15-20(24)3/h6-9,15-16,18,22H,4-5,10-14,17H2,1-3H3,(H,28,32)(H2,29,30,33)/t22-/m0/s1. The van der Waals surface area contributed by atoms with Crippen LogP contribution < -0.4 is 20.9 Å². The van der Waals surface area contributed by atoms with Crippen molar-refractivity contribution >= 4 is 29.0 Å². The minimum Gasteiger partial charge on any atom is -0.376 e. The summed E-state index contributed by atoms with van der Waals surface area (Å²) in [5, 5.41) is 8.83. The van der Waals surface area contributed by atoms with E-state index in [1.807, 2.05) is 44.2 Å². The Bertz CT molecular complexity index is 1020. The van der Waals surface area contributed by atoms with Gasteiger partial charge in [0.05, 0.1) is 11.7 Å². The number of rotatable bonds is 6. The number of nitrogens with zero attached hydrogens (tertiary/aromatic N) is 1. The van der Waals surface area contributed by atoms with Gasteiger partial charge in [0.15, 0.2) is 0 Å². The van der Waals surface area contributed by atoms with Crippen LogP contribution in [0, 0.1) is 19.8 Å². The van der Waals surface area contributed by atoms with Crippen molar-refractivity contribution < 1.29 is 14.3 Å². The minimum absolute atomic E-state index is 0.0769. The molecule has 1 atom stereocenters. The predicted octanol–water partition coefficient (Wildman–Crippen LogP) is 5.09. The lowest BCUT2D eigenvalue weighted by molar-refractivity contribution is 0.0858. The van der Waals surface area contributed by atoms with Gasteiger partial charge in [-0.05, 0) is 75.3 Å². The third-order valence-electron chi connectivity index (χ3n) is 6.77. The quantitative estimate of drug-likeness (QED) is 0.556. The van der Waals surface area contributed by atoms with Gasteiger partial charge in [-0.15, -0.1) is 0 Å². The molecule has 0 spiro atoms. The van der Waals surface area contributed by atoms with Gasteiger partial charge in [0, 0.05) is 43.3 Å². The second-order valence-electron chi connectivity index (χ2n) is 9.64. The molecule has 7 nitrogen and oxygen atoms in total. The summed E-state index contributed by atoms with van der Waals surface area (Å²) in [6.45, 7) is 9.36. The number of carbonyl (C=O) groups excluding carboxylic acids is 2. The van der Waals surface area contributed by atoms with Crippen LogP contribution in [0.5, 0.6) is 0 Å². The molecule has 7 heteroatoms.